The van der Waals surface area contributed by atoms with Crippen molar-refractivity contribution in [3.05, 3.63) is 28.8 Å². The molecule has 0 bridgehead atoms. The van der Waals surface area contributed by atoms with Crippen LogP contribution in [-0.2, 0) is 10.0 Å². The summed E-state index contributed by atoms with van der Waals surface area (Å²) in [5.74, 6) is -1.05. The average Bonchev–Trinajstić information content (AvgIpc) is 2.27. The fourth-order valence-electron chi connectivity index (χ4n) is 1.92. The van der Waals surface area contributed by atoms with Gasteiger partial charge in [-0.3, -0.25) is 4.31 Å². The van der Waals surface area contributed by atoms with Crippen molar-refractivity contribution in [3.8, 4) is 0 Å². The molecule has 98 valence electrons. The lowest BCUT2D eigenvalue weighted by molar-refractivity contribution is 0.0697. The van der Waals surface area contributed by atoms with E-state index in [4.69, 9.17) is 16.7 Å². The number of carbonyl (C=O) groups is 1. The van der Waals surface area contributed by atoms with E-state index in [0.29, 0.717) is 18.7 Å². The molecule has 1 aliphatic rings. The van der Waals surface area contributed by atoms with Crippen LogP contribution >= 0.6 is 11.6 Å². The molecule has 0 radical (unpaired) electrons. The molecule has 1 heterocycles. The molecule has 0 unspecified atom stereocenters. The minimum absolute atomic E-state index is 0.0155. The summed E-state index contributed by atoms with van der Waals surface area (Å²) in [4.78, 5) is 10.9. The van der Waals surface area contributed by atoms with E-state index in [1.165, 1.54) is 22.5 Å². The van der Waals surface area contributed by atoms with Gasteiger partial charge in [-0.15, -0.1) is 0 Å². The molecular formula is C11H12ClNO4S. The molecule has 0 amide bonds. The zero-order chi connectivity index (χ0) is 13.3. The number of halogens is 1. The summed E-state index contributed by atoms with van der Waals surface area (Å²) in [6.07, 6.45) is 1.39. The molecule has 5 nitrogen and oxygen atoms in total. The Balaban J connectivity index is 2.47. The van der Waals surface area contributed by atoms with Crippen LogP contribution in [0.15, 0.2) is 18.2 Å². The van der Waals surface area contributed by atoms with E-state index in [1.807, 2.05) is 0 Å². The predicted molar refractivity (Wildman–Crippen MR) is 68.8 cm³/mol. The zero-order valence-corrected chi connectivity index (χ0v) is 11.0. The van der Waals surface area contributed by atoms with Gasteiger partial charge in [-0.1, -0.05) is 11.6 Å². The van der Waals surface area contributed by atoms with Gasteiger partial charge >= 0.3 is 5.97 Å². The first-order valence-corrected chi connectivity index (χ1v) is 7.43. The summed E-state index contributed by atoms with van der Waals surface area (Å²) in [5, 5.41) is 9.15. The first-order chi connectivity index (χ1) is 8.40. The molecule has 7 heteroatoms. The molecule has 1 saturated heterocycles. The summed E-state index contributed by atoms with van der Waals surface area (Å²) in [5.41, 5.74) is 0.304. The highest BCUT2D eigenvalue weighted by Gasteiger charge is 2.26. The fourth-order valence-corrected chi connectivity index (χ4v) is 3.77. The largest absolute Gasteiger partial charge is 0.478 e. The Morgan fingerprint density at radius 3 is 2.61 bits per heavy atom. The number of aromatic carboxylic acids is 1. The summed E-state index contributed by atoms with van der Waals surface area (Å²) >= 11 is 5.82. The molecule has 1 aromatic rings. The van der Waals surface area contributed by atoms with E-state index in [0.717, 1.165) is 6.42 Å². The number of carboxylic acids is 1. The number of sulfonamides is 1. The monoisotopic (exact) mass is 289 g/mol. The van der Waals surface area contributed by atoms with E-state index in [1.54, 1.807) is 0 Å². The maximum Gasteiger partial charge on any atom is 0.335 e. The van der Waals surface area contributed by atoms with E-state index in [2.05, 4.69) is 0 Å². The number of benzene rings is 1. The Morgan fingerprint density at radius 1 is 1.28 bits per heavy atom. The highest BCUT2D eigenvalue weighted by atomic mass is 35.5. The molecule has 2 rings (SSSR count). The summed E-state index contributed by atoms with van der Waals surface area (Å²) in [6.45, 7) is 0.363. The number of hydrogen-bond donors (Lipinski definition) is 1. The highest BCUT2D eigenvalue weighted by Crippen LogP contribution is 2.27. The van der Waals surface area contributed by atoms with Gasteiger partial charge in [-0.05, 0) is 31.0 Å². The van der Waals surface area contributed by atoms with Crippen LogP contribution in [0.3, 0.4) is 0 Å². The first kappa shape index (κ1) is 13.2. The Morgan fingerprint density at radius 2 is 2.00 bits per heavy atom. The van der Waals surface area contributed by atoms with E-state index in [-0.39, 0.29) is 16.3 Å². The fraction of sp³-hybridized carbons (Fsp3) is 0.364. The third-order valence-corrected chi connectivity index (χ3v) is 4.85. The van der Waals surface area contributed by atoms with Gasteiger partial charge in [0, 0.05) is 11.6 Å². The minimum atomic E-state index is -3.35. The molecule has 0 aliphatic carbocycles. The van der Waals surface area contributed by atoms with Gasteiger partial charge in [0.25, 0.3) is 0 Å². The second-order valence-corrected chi connectivity index (χ2v) is 6.55. The molecule has 0 aromatic heterocycles. The van der Waals surface area contributed by atoms with Crippen molar-refractivity contribution < 1.29 is 18.3 Å². The number of hydrogen-bond acceptors (Lipinski definition) is 3. The van der Waals surface area contributed by atoms with Crippen molar-refractivity contribution in [3.63, 3.8) is 0 Å². The molecule has 18 heavy (non-hydrogen) atoms. The standard InChI is InChI=1S/C11H12ClNO4S/c12-9-5-8(11(14)15)6-10(7-9)13-3-1-2-4-18(13,16)17/h5-7H,1-4H2,(H,14,15). The van der Waals surface area contributed by atoms with Crippen LogP contribution in [0.1, 0.15) is 23.2 Å². The van der Waals surface area contributed by atoms with Gasteiger partial charge in [0.05, 0.1) is 17.0 Å². The van der Waals surface area contributed by atoms with Crippen LogP contribution in [0.5, 0.6) is 0 Å². The van der Waals surface area contributed by atoms with Crippen molar-refractivity contribution in [2.24, 2.45) is 0 Å². The van der Waals surface area contributed by atoms with Crippen molar-refractivity contribution >= 4 is 33.3 Å². The maximum absolute atomic E-state index is 11.9. The molecule has 1 aliphatic heterocycles. The molecule has 1 aromatic carbocycles. The number of carboxylic acid groups (broad SMARTS) is 1. The molecule has 0 atom stereocenters. The van der Waals surface area contributed by atoms with Crippen LogP contribution in [0.4, 0.5) is 5.69 Å². The van der Waals surface area contributed by atoms with E-state index < -0.39 is 16.0 Å². The van der Waals surface area contributed by atoms with Crippen molar-refractivity contribution in [2.45, 2.75) is 12.8 Å². The number of nitrogens with zero attached hydrogens (tertiary/aromatic N) is 1. The van der Waals surface area contributed by atoms with Gasteiger partial charge in [-0.25, -0.2) is 13.2 Å². The summed E-state index contributed by atoms with van der Waals surface area (Å²) in [7, 11) is -3.35. The molecule has 1 fully saturated rings. The van der Waals surface area contributed by atoms with Crippen LogP contribution in [-0.4, -0.2) is 31.8 Å². The lowest BCUT2D eigenvalue weighted by Crippen LogP contribution is -2.37. The predicted octanol–water partition coefficient (Wildman–Crippen LogP) is 1.97. The number of rotatable bonds is 2. The third kappa shape index (κ3) is 2.59. The van der Waals surface area contributed by atoms with Crippen molar-refractivity contribution in [2.75, 3.05) is 16.6 Å². The van der Waals surface area contributed by atoms with Gasteiger partial charge in [0.15, 0.2) is 0 Å². The van der Waals surface area contributed by atoms with Crippen molar-refractivity contribution in [1.82, 2.24) is 0 Å². The summed E-state index contributed by atoms with van der Waals surface area (Å²) in [6, 6.07) is 4.10. The van der Waals surface area contributed by atoms with Gasteiger partial charge in [-0.2, -0.15) is 0 Å². The van der Waals surface area contributed by atoms with Crippen LogP contribution in [0.2, 0.25) is 5.02 Å². The third-order valence-electron chi connectivity index (χ3n) is 2.77. The van der Waals surface area contributed by atoms with Crippen LogP contribution in [0, 0.1) is 0 Å². The van der Waals surface area contributed by atoms with E-state index >= 15 is 0 Å². The quantitative estimate of drug-likeness (QED) is 0.903. The second-order valence-electron chi connectivity index (χ2n) is 4.10. The lowest BCUT2D eigenvalue weighted by atomic mass is 10.2. The molecule has 1 N–H and O–H groups in total. The molecule has 0 saturated carbocycles. The van der Waals surface area contributed by atoms with Crippen LogP contribution in [0.25, 0.3) is 0 Å². The minimum Gasteiger partial charge on any atom is -0.478 e. The van der Waals surface area contributed by atoms with Gasteiger partial charge in [0.2, 0.25) is 10.0 Å². The van der Waals surface area contributed by atoms with Gasteiger partial charge in [0.1, 0.15) is 0 Å². The van der Waals surface area contributed by atoms with Gasteiger partial charge < -0.3 is 5.11 Å². The Hall–Kier alpha value is -1.27. The Kier molecular flexibility index (Phi) is 3.49. The number of anilines is 1. The first-order valence-electron chi connectivity index (χ1n) is 5.44. The molecule has 0 spiro atoms. The van der Waals surface area contributed by atoms with Crippen LogP contribution < -0.4 is 4.31 Å². The zero-order valence-electron chi connectivity index (χ0n) is 9.47. The average molecular weight is 290 g/mol. The smallest absolute Gasteiger partial charge is 0.335 e. The highest BCUT2D eigenvalue weighted by molar-refractivity contribution is 7.92. The Bertz CT molecular complexity index is 585. The Labute approximate surface area is 110 Å². The summed E-state index contributed by atoms with van der Waals surface area (Å²) < 4.78 is 25.1. The van der Waals surface area contributed by atoms with Crippen molar-refractivity contribution in [1.29, 1.82) is 0 Å². The van der Waals surface area contributed by atoms with E-state index in [9.17, 15) is 13.2 Å². The SMILES string of the molecule is O=C(O)c1cc(Cl)cc(N2CCCCS2(=O)=O)c1. The maximum atomic E-state index is 11.9. The second kappa shape index (κ2) is 4.78. The lowest BCUT2D eigenvalue weighted by Gasteiger charge is -2.28. The topological polar surface area (TPSA) is 74.7 Å². The molecular weight excluding hydrogens is 278 g/mol. The normalized spacial score (nSPS) is 18.6.